The van der Waals surface area contributed by atoms with Crippen molar-refractivity contribution in [3.63, 3.8) is 0 Å². The average Bonchev–Trinajstić information content (AvgIpc) is 3.01. The quantitative estimate of drug-likeness (QED) is 0.511. The number of nitrogens with zero attached hydrogens (tertiary/aromatic N) is 1. The highest BCUT2D eigenvalue weighted by molar-refractivity contribution is 5.89. The van der Waals surface area contributed by atoms with Gasteiger partial charge in [-0.25, -0.2) is 5.43 Å². The van der Waals surface area contributed by atoms with Gasteiger partial charge in [0, 0.05) is 0 Å². The molecule has 2 aliphatic carbocycles. The zero-order valence-electron chi connectivity index (χ0n) is 13.1. The summed E-state index contributed by atoms with van der Waals surface area (Å²) in [6.45, 7) is 8.60. The van der Waals surface area contributed by atoms with Gasteiger partial charge in [-0.1, -0.05) is 26.0 Å². The molecule has 2 N–H and O–H groups in total. The van der Waals surface area contributed by atoms with E-state index < -0.39 is 5.41 Å². The Morgan fingerprint density at radius 1 is 1.41 bits per heavy atom. The van der Waals surface area contributed by atoms with E-state index >= 15 is 0 Å². The van der Waals surface area contributed by atoms with Crippen LogP contribution >= 0.6 is 0 Å². The fraction of sp³-hybridized carbons (Fsp3) is 0.444. The second kappa shape index (κ2) is 4.97. The van der Waals surface area contributed by atoms with Crippen molar-refractivity contribution >= 4 is 12.1 Å². The minimum absolute atomic E-state index is 0.0380. The van der Waals surface area contributed by atoms with Crippen LogP contribution in [-0.2, 0) is 4.79 Å². The second-order valence-electron chi connectivity index (χ2n) is 7.01. The molecule has 2 atom stereocenters. The molecule has 22 heavy (non-hydrogen) atoms. The number of hydrazone groups is 1. The van der Waals surface area contributed by atoms with E-state index in [1.54, 1.807) is 30.5 Å². The summed E-state index contributed by atoms with van der Waals surface area (Å²) < 4.78 is 0. The Balaban J connectivity index is 1.70. The van der Waals surface area contributed by atoms with Gasteiger partial charge in [-0.05, 0) is 60.4 Å². The minimum atomic E-state index is -0.444. The molecule has 2 aliphatic rings. The lowest BCUT2D eigenvalue weighted by Gasteiger charge is -2.36. The topological polar surface area (TPSA) is 61.7 Å². The summed E-state index contributed by atoms with van der Waals surface area (Å²) in [6.07, 6.45) is 4.43. The van der Waals surface area contributed by atoms with Gasteiger partial charge in [-0.2, -0.15) is 5.10 Å². The lowest BCUT2D eigenvalue weighted by atomic mass is 9.68. The predicted molar refractivity (Wildman–Crippen MR) is 86.5 cm³/mol. The normalized spacial score (nSPS) is 29.2. The van der Waals surface area contributed by atoms with E-state index in [0.717, 1.165) is 30.4 Å². The number of nitrogens with one attached hydrogen (secondary N) is 1. The number of hydrogen-bond donors (Lipinski definition) is 2. The van der Waals surface area contributed by atoms with Crippen LogP contribution in [0.4, 0.5) is 0 Å². The number of carbonyl (C=O) groups excluding carboxylic acids is 1. The Bertz CT molecular complexity index is 646. The number of benzene rings is 1. The van der Waals surface area contributed by atoms with Gasteiger partial charge < -0.3 is 5.11 Å². The Morgan fingerprint density at radius 3 is 2.68 bits per heavy atom. The molecule has 1 aromatic rings. The number of rotatable bonds is 3. The van der Waals surface area contributed by atoms with Gasteiger partial charge in [-0.3, -0.25) is 4.79 Å². The molecule has 2 fully saturated rings. The van der Waals surface area contributed by atoms with Crippen LogP contribution < -0.4 is 5.43 Å². The molecule has 1 amide bonds. The zero-order valence-corrected chi connectivity index (χ0v) is 13.1. The number of fused-ring (bicyclic) bond motifs is 2. The zero-order chi connectivity index (χ0) is 16.0. The molecule has 0 spiro atoms. The van der Waals surface area contributed by atoms with E-state index in [9.17, 15) is 9.90 Å². The molecule has 0 unspecified atom stereocenters. The van der Waals surface area contributed by atoms with Crippen molar-refractivity contribution in [2.24, 2.45) is 21.8 Å². The van der Waals surface area contributed by atoms with Crippen LogP contribution in [0.5, 0.6) is 5.75 Å². The molecule has 0 aromatic heterocycles. The van der Waals surface area contributed by atoms with Crippen molar-refractivity contribution in [3.8, 4) is 5.75 Å². The first-order valence-corrected chi connectivity index (χ1v) is 7.69. The van der Waals surface area contributed by atoms with Crippen LogP contribution in [0, 0.1) is 16.7 Å². The van der Waals surface area contributed by atoms with Crippen LogP contribution in [0.3, 0.4) is 0 Å². The first kappa shape index (κ1) is 14.8. The van der Waals surface area contributed by atoms with Crippen LogP contribution in [0.2, 0.25) is 0 Å². The third-order valence-electron chi connectivity index (χ3n) is 5.60. The molecular formula is C18H22N2O2. The Morgan fingerprint density at radius 2 is 2.09 bits per heavy atom. The monoisotopic (exact) mass is 298 g/mol. The number of hydrogen-bond acceptors (Lipinski definition) is 3. The molecule has 0 radical (unpaired) electrons. The molecular weight excluding hydrogens is 276 g/mol. The van der Waals surface area contributed by atoms with Gasteiger partial charge in [0.05, 0.1) is 11.6 Å². The lowest BCUT2D eigenvalue weighted by molar-refractivity contribution is -0.128. The number of aromatic hydroxyl groups is 1. The summed E-state index contributed by atoms with van der Waals surface area (Å²) >= 11 is 0. The van der Waals surface area contributed by atoms with E-state index in [4.69, 9.17) is 0 Å². The smallest absolute Gasteiger partial charge is 0.250 e. The first-order chi connectivity index (χ1) is 10.4. The highest BCUT2D eigenvalue weighted by Crippen LogP contribution is 2.65. The summed E-state index contributed by atoms with van der Waals surface area (Å²) in [7, 11) is 0. The molecule has 0 saturated heterocycles. The summed E-state index contributed by atoms with van der Waals surface area (Å²) in [5, 5.41) is 13.3. The highest BCUT2D eigenvalue weighted by atomic mass is 16.3. The van der Waals surface area contributed by atoms with Crippen LogP contribution in [-0.4, -0.2) is 17.2 Å². The van der Waals surface area contributed by atoms with Crippen molar-refractivity contribution < 1.29 is 9.90 Å². The standard InChI is InChI=1S/C18H22N2O2/c1-12-17(2,3)14-8-9-18(12,10-14)16(22)20-19-11-13-4-6-15(21)7-5-13/h4-7,11,14,21H,1,8-10H2,2-3H3,(H,20,22)/b19-11+/t14-,18+/m1/s1. The molecule has 0 heterocycles. The van der Waals surface area contributed by atoms with Gasteiger partial charge >= 0.3 is 0 Å². The summed E-state index contributed by atoms with van der Waals surface area (Å²) in [5.41, 5.74) is 4.15. The fourth-order valence-electron chi connectivity index (χ4n) is 3.97. The lowest BCUT2D eigenvalue weighted by Crippen LogP contribution is -2.39. The van der Waals surface area contributed by atoms with Gasteiger partial charge in [0.25, 0.3) is 0 Å². The summed E-state index contributed by atoms with van der Waals surface area (Å²) in [4.78, 5) is 12.6. The van der Waals surface area contributed by atoms with Crippen LogP contribution in [0.15, 0.2) is 41.5 Å². The summed E-state index contributed by atoms with van der Waals surface area (Å²) in [5.74, 6) is 0.717. The molecule has 116 valence electrons. The van der Waals surface area contributed by atoms with Crippen molar-refractivity contribution in [2.45, 2.75) is 33.1 Å². The number of amides is 1. The van der Waals surface area contributed by atoms with Crippen LogP contribution in [0.25, 0.3) is 0 Å². The number of phenolic OH excluding ortho intramolecular Hbond substituents is 1. The molecule has 2 bridgehead atoms. The fourth-order valence-corrected chi connectivity index (χ4v) is 3.97. The average molecular weight is 298 g/mol. The van der Waals surface area contributed by atoms with E-state index in [2.05, 4.69) is 31.0 Å². The van der Waals surface area contributed by atoms with E-state index in [-0.39, 0.29) is 17.1 Å². The van der Waals surface area contributed by atoms with Gasteiger partial charge in [0.15, 0.2) is 0 Å². The molecule has 3 rings (SSSR count). The number of carbonyl (C=O) groups is 1. The highest BCUT2D eigenvalue weighted by Gasteiger charge is 2.60. The second-order valence-corrected chi connectivity index (χ2v) is 7.01. The van der Waals surface area contributed by atoms with E-state index in [0.29, 0.717) is 5.92 Å². The maximum Gasteiger partial charge on any atom is 0.250 e. The first-order valence-electron chi connectivity index (χ1n) is 7.69. The molecule has 2 saturated carbocycles. The predicted octanol–water partition coefficient (Wildman–Crippen LogP) is 3.22. The minimum Gasteiger partial charge on any atom is -0.508 e. The Kier molecular flexibility index (Phi) is 3.35. The SMILES string of the molecule is C=C1C(C)(C)[C@@H]2CC[C@]1(C(=O)N/N=C/c1ccc(O)cc1)C2. The Labute approximate surface area is 130 Å². The van der Waals surface area contributed by atoms with Crippen molar-refractivity contribution in [3.05, 3.63) is 42.0 Å². The van der Waals surface area contributed by atoms with Crippen LogP contribution in [0.1, 0.15) is 38.7 Å². The van der Waals surface area contributed by atoms with E-state index in [1.165, 1.54) is 0 Å². The van der Waals surface area contributed by atoms with Crippen molar-refractivity contribution in [1.29, 1.82) is 0 Å². The molecule has 4 heteroatoms. The van der Waals surface area contributed by atoms with Crippen molar-refractivity contribution in [2.75, 3.05) is 0 Å². The van der Waals surface area contributed by atoms with Gasteiger partial charge in [0.2, 0.25) is 5.91 Å². The maximum atomic E-state index is 12.6. The number of phenols is 1. The largest absolute Gasteiger partial charge is 0.508 e. The third kappa shape index (κ3) is 2.14. The van der Waals surface area contributed by atoms with Gasteiger partial charge in [-0.15, -0.1) is 0 Å². The third-order valence-corrected chi connectivity index (χ3v) is 5.60. The molecule has 4 nitrogen and oxygen atoms in total. The van der Waals surface area contributed by atoms with Crippen molar-refractivity contribution in [1.82, 2.24) is 5.43 Å². The Hall–Kier alpha value is -2.10. The van der Waals surface area contributed by atoms with E-state index in [1.807, 2.05) is 0 Å². The maximum absolute atomic E-state index is 12.6. The molecule has 0 aliphatic heterocycles. The summed E-state index contributed by atoms with van der Waals surface area (Å²) in [6, 6.07) is 6.66. The molecule has 1 aromatic carbocycles. The van der Waals surface area contributed by atoms with Gasteiger partial charge in [0.1, 0.15) is 5.75 Å².